The predicted molar refractivity (Wildman–Crippen MR) is 81.0 cm³/mol. The quantitative estimate of drug-likeness (QED) is 0.728. The molecule has 1 amide bonds. The number of carbonyl (C=O) groups is 1. The molecular formula is C14H26N2O2S. The summed E-state index contributed by atoms with van der Waals surface area (Å²) in [5, 5.41) is 0. The van der Waals surface area contributed by atoms with Crippen molar-refractivity contribution in [2.45, 2.75) is 51.6 Å². The van der Waals surface area contributed by atoms with Gasteiger partial charge in [0, 0.05) is 20.0 Å². The van der Waals surface area contributed by atoms with Crippen LogP contribution in [0, 0.1) is 5.92 Å². The SMILES string of the molecule is CCC1CCCC(OCC(=O)N(C)CCC(N)=S)C1. The van der Waals surface area contributed by atoms with E-state index in [1.54, 1.807) is 11.9 Å². The van der Waals surface area contributed by atoms with Gasteiger partial charge in [-0.25, -0.2) is 0 Å². The summed E-state index contributed by atoms with van der Waals surface area (Å²) in [5.74, 6) is 0.774. The maximum Gasteiger partial charge on any atom is 0.248 e. The van der Waals surface area contributed by atoms with Gasteiger partial charge < -0.3 is 15.4 Å². The standard InChI is InChI=1S/C14H26N2O2S/c1-3-11-5-4-6-12(9-11)18-10-14(17)16(2)8-7-13(15)19/h11-12H,3-10H2,1-2H3,(H2,15,19). The molecule has 2 atom stereocenters. The van der Waals surface area contributed by atoms with Crippen LogP contribution in [0.5, 0.6) is 0 Å². The summed E-state index contributed by atoms with van der Waals surface area (Å²) in [6, 6.07) is 0. The molecule has 0 heterocycles. The molecule has 0 spiro atoms. The van der Waals surface area contributed by atoms with Gasteiger partial charge in [0.2, 0.25) is 5.91 Å². The van der Waals surface area contributed by atoms with E-state index in [0.717, 1.165) is 18.8 Å². The topological polar surface area (TPSA) is 55.6 Å². The van der Waals surface area contributed by atoms with Crippen molar-refractivity contribution < 1.29 is 9.53 Å². The first-order valence-corrected chi connectivity index (χ1v) is 7.57. The number of thiocarbonyl (C=S) groups is 1. The van der Waals surface area contributed by atoms with E-state index in [-0.39, 0.29) is 18.6 Å². The Morgan fingerprint density at radius 1 is 1.47 bits per heavy atom. The zero-order chi connectivity index (χ0) is 14.3. The molecule has 1 fully saturated rings. The second-order valence-electron chi connectivity index (χ2n) is 5.41. The Kier molecular flexibility index (Phi) is 7.31. The van der Waals surface area contributed by atoms with E-state index in [1.807, 2.05) is 0 Å². The molecule has 0 aromatic heterocycles. The Balaban J connectivity index is 2.23. The van der Waals surface area contributed by atoms with Crippen LogP contribution >= 0.6 is 12.2 Å². The Bertz CT molecular complexity index is 310. The lowest BCUT2D eigenvalue weighted by Crippen LogP contribution is -2.35. The molecule has 110 valence electrons. The Morgan fingerprint density at radius 2 is 2.21 bits per heavy atom. The van der Waals surface area contributed by atoms with Gasteiger partial charge in [-0.1, -0.05) is 38.4 Å². The summed E-state index contributed by atoms with van der Waals surface area (Å²) in [6.45, 7) is 2.97. The number of hydrogen-bond acceptors (Lipinski definition) is 3. The first-order valence-electron chi connectivity index (χ1n) is 7.16. The summed E-state index contributed by atoms with van der Waals surface area (Å²) < 4.78 is 5.75. The number of nitrogens with zero attached hydrogens (tertiary/aromatic N) is 1. The van der Waals surface area contributed by atoms with Crippen LogP contribution in [0.3, 0.4) is 0 Å². The molecular weight excluding hydrogens is 260 g/mol. The summed E-state index contributed by atoms with van der Waals surface area (Å²) >= 11 is 4.80. The highest BCUT2D eigenvalue weighted by Gasteiger charge is 2.22. The average molecular weight is 286 g/mol. The van der Waals surface area contributed by atoms with E-state index >= 15 is 0 Å². The second kappa shape index (κ2) is 8.48. The molecule has 19 heavy (non-hydrogen) atoms. The molecule has 5 heteroatoms. The van der Waals surface area contributed by atoms with Crippen molar-refractivity contribution in [1.82, 2.24) is 4.90 Å². The summed E-state index contributed by atoms with van der Waals surface area (Å²) in [4.78, 5) is 13.9. The van der Waals surface area contributed by atoms with E-state index in [1.165, 1.54) is 19.3 Å². The molecule has 1 saturated carbocycles. The highest BCUT2D eigenvalue weighted by Crippen LogP contribution is 2.28. The monoisotopic (exact) mass is 286 g/mol. The van der Waals surface area contributed by atoms with Crippen molar-refractivity contribution in [2.75, 3.05) is 20.2 Å². The predicted octanol–water partition coefficient (Wildman–Crippen LogP) is 2.11. The zero-order valence-electron chi connectivity index (χ0n) is 12.1. The number of ether oxygens (including phenoxy) is 1. The van der Waals surface area contributed by atoms with Crippen LogP contribution in [0.1, 0.15) is 45.4 Å². The fourth-order valence-electron chi connectivity index (χ4n) is 2.47. The molecule has 0 bridgehead atoms. The van der Waals surface area contributed by atoms with Gasteiger partial charge in [-0.15, -0.1) is 0 Å². The van der Waals surface area contributed by atoms with Crippen molar-refractivity contribution in [1.29, 1.82) is 0 Å². The van der Waals surface area contributed by atoms with Gasteiger partial charge in [0.1, 0.15) is 6.61 Å². The molecule has 0 aliphatic heterocycles. The lowest BCUT2D eigenvalue weighted by molar-refractivity contribution is -0.137. The van der Waals surface area contributed by atoms with Crippen molar-refractivity contribution in [3.05, 3.63) is 0 Å². The van der Waals surface area contributed by atoms with Crippen LogP contribution in [-0.2, 0) is 9.53 Å². The number of amides is 1. The number of rotatable bonds is 7. The highest BCUT2D eigenvalue weighted by atomic mass is 32.1. The normalized spacial score (nSPS) is 23.1. The van der Waals surface area contributed by atoms with E-state index < -0.39 is 0 Å². The molecule has 1 rings (SSSR count). The first kappa shape index (κ1) is 16.4. The Labute approximate surface area is 121 Å². The molecule has 0 aromatic rings. The second-order valence-corrected chi connectivity index (χ2v) is 5.93. The fourth-order valence-corrected chi connectivity index (χ4v) is 2.56. The van der Waals surface area contributed by atoms with Gasteiger partial charge >= 0.3 is 0 Å². The molecule has 2 N–H and O–H groups in total. The molecule has 4 nitrogen and oxygen atoms in total. The Morgan fingerprint density at radius 3 is 2.84 bits per heavy atom. The van der Waals surface area contributed by atoms with E-state index in [2.05, 4.69) is 6.92 Å². The van der Waals surface area contributed by atoms with Crippen LogP contribution in [0.25, 0.3) is 0 Å². The van der Waals surface area contributed by atoms with Crippen LogP contribution in [-0.4, -0.2) is 42.1 Å². The van der Waals surface area contributed by atoms with Gasteiger partial charge in [0.25, 0.3) is 0 Å². The molecule has 0 aromatic carbocycles. The first-order chi connectivity index (χ1) is 9.02. The molecule has 0 radical (unpaired) electrons. The van der Waals surface area contributed by atoms with Crippen LogP contribution in [0.2, 0.25) is 0 Å². The number of nitrogens with two attached hydrogens (primary N) is 1. The van der Waals surface area contributed by atoms with Gasteiger partial charge in [-0.05, 0) is 18.8 Å². The van der Waals surface area contributed by atoms with Crippen molar-refractivity contribution >= 4 is 23.1 Å². The maximum absolute atomic E-state index is 11.9. The highest BCUT2D eigenvalue weighted by molar-refractivity contribution is 7.80. The third-order valence-electron chi connectivity index (χ3n) is 3.87. The maximum atomic E-state index is 11.9. The van der Waals surface area contributed by atoms with E-state index in [0.29, 0.717) is 18.0 Å². The van der Waals surface area contributed by atoms with Gasteiger partial charge in [-0.2, -0.15) is 0 Å². The molecule has 2 unspecified atom stereocenters. The molecule has 1 aliphatic rings. The summed E-state index contributed by atoms with van der Waals surface area (Å²) in [6.07, 6.45) is 6.74. The number of hydrogen-bond donors (Lipinski definition) is 1. The largest absolute Gasteiger partial charge is 0.393 e. The lowest BCUT2D eigenvalue weighted by Gasteiger charge is -2.28. The molecule has 0 saturated heterocycles. The third-order valence-corrected chi connectivity index (χ3v) is 4.08. The van der Waals surface area contributed by atoms with Gasteiger partial charge in [0.15, 0.2) is 0 Å². The summed E-state index contributed by atoms with van der Waals surface area (Å²) in [7, 11) is 1.76. The van der Waals surface area contributed by atoms with Gasteiger partial charge in [-0.3, -0.25) is 4.79 Å². The number of carbonyl (C=O) groups excluding carboxylic acids is 1. The van der Waals surface area contributed by atoms with Crippen LogP contribution in [0.4, 0.5) is 0 Å². The minimum Gasteiger partial charge on any atom is -0.393 e. The minimum absolute atomic E-state index is 0.00914. The van der Waals surface area contributed by atoms with Gasteiger partial charge in [0.05, 0.1) is 11.1 Å². The summed E-state index contributed by atoms with van der Waals surface area (Å²) in [5.41, 5.74) is 5.42. The molecule has 1 aliphatic carbocycles. The van der Waals surface area contributed by atoms with Crippen LogP contribution < -0.4 is 5.73 Å². The zero-order valence-corrected chi connectivity index (χ0v) is 12.9. The minimum atomic E-state index is 0.00914. The lowest BCUT2D eigenvalue weighted by atomic mass is 9.85. The Hall–Kier alpha value is -0.680. The number of likely N-dealkylation sites (N-methyl/N-ethyl adjacent to an activating group) is 1. The van der Waals surface area contributed by atoms with Crippen molar-refractivity contribution in [3.63, 3.8) is 0 Å². The smallest absolute Gasteiger partial charge is 0.248 e. The van der Waals surface area contributed by atoms with E-state index in [4.69, 9.17) is 22.7 Å². The van der Waals surface area contributed by atoms with Crippen molar-refractivity contribution in [2.24, 2.45) is 11.7 Å². The average Bonchev–Trinajstić information content (AvgIpc) is 2.42. The third kappa shape index (κ3) is 6.34. The fraction of sp³-hybridized carbons (Fsp3) is 0.857. The van der Waals surface area contributed by atoms with Crippen LogP contribution in [0.15, 0.2) is 0 Å². The van der Waals surface area contributed by atoms with Crippen molar-refractivity contribution in [3.8, 4) is 0 Å². The van der Waals surface area contributed by atoms with E-state index in [9.17, 15) is 4.79 Å².